The van der Waals surface area contributed by atoms with Crippen molar-refractivity contribution in [1.29, 1.82) is 0 Å². The van der Waals surface area contributed by atoms with Crippen molar-refractivity contribution in [2.24, 2.45) is 0 Å². The highest BCUT2D eigenvalue weighted by atomic mass is 19.4. The van der Waals surface area contributed by atoms with Crippen molar-refractivity contribution in [3.8, 4) is 17.5 Å². The highest BCUT2D eigenvalue weighted by Gasteiger charge is 2.31. The van der Waals surface area contributed by atoms with Crippen LogP contribution in [0, 0.1) is 0 Å². The number of benzene rings is 2. The van der Waals surface area contributed by atoms with Crippen LogP contribution in [0.2, 0.25) is 0 Å². The number of rotatable bonds is 8. The van der Waals surface area contributed by atoms with Crippen LogP contribution in [-0.2, 0) is 11.3 Å². The van der Waals surface area contributed by atoms with Crippen LogP contribution < -0.4 is 20.1 Å². The summed E-state index contributed by atoms with van der Waals surface area (Å²) in [5, 5.41) is 6.66. The summed E-state index contributed by atoms with van der Waals surface area (Å²) in [5.41, 5.74) is 3.75. The Morgan fingerprint density at radius 3 is 2.47 bits per heavy atom. The molecule has 0 saturated carbocycles. The first-order valence-electron chi connectivity index (χ1n) is 10.3. The minimum atomic E-state index is -4.80. The monoisotopic (exact) mass is 472 g/mol. The molecule has 0 radical (unpaired) electrons. The van der Waals surface area contributed by atoms with Gasteiger partial charge in [0.1, 0.15) is 5.75 Å². The van der Waals surface area contributed by atoms with Crippen LogP contribution in [0.5, 0.6) is 17.5 Å². The van der Waals surface area contributed by atoms with Crippen molar-refractivity contribution in [2.75, 3.05) is 23.8 Å². The van der Waals surface area contributed by atoms with Gasteiger partial charge in [0.2, 0.25) is 5.95 Å². The molecule has 0 bridgehead atoms. The molecule has 12 heteroatoms. The standard InChI is InChI=1S/C22H19F3N6O3/c23-22(24,25)34-17-9-27-21(28-10-17)33-16-4-1-13(2-5-16)8-26-20-30-18-6-3-14(7-19(18)31-20)29-15-11-32-12-15/h1-7,9-10,15,29H,8,11-12H2,(H2,26,30,31). The number of ether oxygens (including phenoxy) is 3. The Labute approximate surface area is 191 Å². The van der Waals surface area contributed by atoms with Gasteiger partial charge in [0.05, 0.1) is 42.7 Å². The molecule has 2 aromatic carbocycles. The Morgan fingerprint density at radius 1 is 1.03 bits per heavy atom. The number of hydrogen-bond acceptors (Lipinski definition) is 8. The minimum absolute atomic E-state index is 0.0960. The summed E-state index contributed by atoms with van der Waals surface area (Å²) in [6, 6.07) is 13.3. The first-order valence-corrected chi connectivity index (χ1v) is 10.3. The Kier molecular flexibility index (Phi) is 5.80. The minimum Gasteiger partial charge on any atom is -0.424 e. The molecule has 0 unspecified atom stereocenters. The molecule has 176 valence electrons. The third-order valence-electron chi connectivity index (χ3n) is 4.92. The molecular weight excluding hydrogens is 453 g/mol. The Morgan fingerprint density at radius 2 is 1.79 bits per heavy atom. The number of aromatic nitrogens is 4. The molecule has 0 aliphatic carbocycles. The van der Waals surface area contributed by atoms with Crippen molar-refractivity contribution < 1.29 is 27.4 Å². The number of anilines is 2. The number of aromatic amines is 1. The lowest BCUT2D eigenvalue weighted by Gasteiger charge is -2.27. The van der Waals surface area contributed by atoms with E-state index in [1.807, 2.05) is 30.3 Å². The summed E-state index contributed by atoms with van der Waals surface area (Å²) >= 11 is 0. The van der Waals surface area contributed by atoms with Gasteiger partial charge in [0.15, 0.2) is 5.75 Å². The molecule has 34 heavy (non-hydrogen) atoms. The molecule has 3 N–H and O–H groups in total. The summed E-state index contributed by atoms with van der Waals surface area (Å²) in [4.78, 5) is 15.2. The summed E-state index contributed by atoms with van der Waals surface area (Å²) < 4.78 is 51.0. The van der Waals surface area contributed by atoms with Gasteiger partial charge in [-0.3, -0.25) is 0 Å². The maximum atomic E-state index is 12.2. The van der Waals surface area contributed by atoms with E-state index in [2.05, 4.69) is 35.3 Å². The van der Waals surface area contributed by atoms with Gasteiger partial charge in [0, 0.05) is 12.2 Å². The largest absolute Gasteiger partial charge is 0.573 e. The molecule has 4 aromatic rings. The van der Waals surface area contributed by atoms with Crippen LogP contribution in [-0.4, -0.2) is 45.6 Å². The Hall–Kier alpha value is -4.06. The van der Waals surface area contributed by atoms with E-state index in [9.17, 15) is 13.2 Å². The fourth-order valence-electron chi connectivity index (χ4n) is 3.25. The number of alkyl halides is 3. The SMILES string of the molecule is FC(F)(F)Oc1cnc(Oc2ccc(CNc3nc4ccc(NC5COC5)cc4[nH]3)cc2)nc1. The van der Waals surface area contributed by atoms with E-state index in [0.29, 0.717) is 37.5 Å². The van der Waals surface area contributed by atoms with Crippen molar-refractivity contribution >= 4 is 22.7 Å². The number of halogens is 3. The van der Waals surface area contributed by atoms with Crippen molar-refractivity contribution in [3.63, 3.8) is 0 Å². The summed E-state index contributed by atoms with van der Waals surface area (Å²) in [6.07, 6.45) is -3.02. The highest BCUT2D eigenvalue weighted by Crippen LogP contribution is 2.24. The smallest absolute Gasteiger partial charge is 0.424 e. The summed E-state index contributed by atoms with van der Waals surface area (Å²) in [5.74, 6) is 0.565. The van der Waals surface area contributed by atoms with Gasteiger partial charge < -0.3 is 29.8 Å². The van der Waals surface area contributed by atoms with Gasteiger partial charge in [0.25, 0.3) is 0 Å². The lowest BCUT2D eigenvalue weighted by Crippen LogP contribution is -2.40. The Balaban J connectivity index is 1.15. The number of nitrogens with one attached hydrogen (secondary N) is 3. The van der Waals surface area contributed by atoms with Gasteiger partial charge in [-0.2, -0.15) is 9.97 Å². The number of hydrogen-bond donors (Lipinski definition) is 3. The zero-order valence-corrected chi connectivity index (χ0v) is 17.6. The molecule has 3 heterocycles. The first-order chi connectivity index (χ1) is 16.4. The molecule has 0 atom stereocenters. The average Bonchev–Trinajstić information content (AvgIpc) is 3.18. The van der Waals surface area contributed by atoms with Crippen molar-refractivity contribution in [1.82, 2.24) is 19.9 Å². The zero-order chi connectivity index (χ0) is 23.5. The second-order valence-corrected chi connectivity index (χ2v) is 7.54. The van der Waals surface area contributed by atoms with E-state index in [1.165, 1.54) is 0 Å². The third-order valence-corrected chi connectivity index (χ3v) is 4.92. The van der Waals surface area contributed by atoms with E-state index in [1.54, 1.807) is 12.1 Å². The van der Waals surface area contributed by atoms with Gasteiger partial charge in [-0.1, -0.05) is 12.1 Å². The molecule has 1 fully saturated rings. The van der Waals surface area contributed by atoms with Crippen LogP contribution in [0.15, 0.2) is 54.9 Å². The van der Waals surface area contributed by atoms with Crippen LogP contribution in [0.1, 0.15) is 5.56 Å². The Bertz CT molecular complexity index is 1260. The molecule has 1 aliphatic rings. The number of fused-ring (bicyclic) bond motifs is 1. The maximum Gasteiger partial charge on any atom is 0.573 e. The lowest BCUT2D eigenvalue weighted by atomic mass is 10.2. The zero-order valence-electron chi connectivity index (χ0n) is 17.6. The van der Waals surface area contributed by atoms with E-state index in [-0.39, 0.29) is 6.01 Å². The molecule has 0 spiro atoms. The molecular formula is C22H19F3N6O3. The number of imidazole rings is 1. The molecule has 0 amide bonds. The number of nitrogens with zero attached hydrogens (tertiary/aromatic N) is 3. The maximum absolute atomic E-state index is 12.2. The predicted octanol–water partition coefficient (Wildman–Crippen LogP) is 4.47. The normalized spacial score (nSPS) is 14.0. The van der Waals surface area contributed by atoms with Gasteiger partial charge in [-0.25, -0.2) is 4.98 Å². The predicted molar refractivity (Wildman–Crippen MR) is 117 cm³/mol. The van der Waals surface area contributed by atoms with Crippen LogP contribution >= 0.6 is 0 Å². The fourth-order valence-corrected chi connectivity index (χ4v) is 3.25. The van der Waals surface area contributed by atoms with E-state index < -0.39 is 12.1 Å². The molecule has 2 aromatic heterocycles. The molecule has 1 saturated heterocycles. The van der Waals surface area contributed by atoms with Gasteiger partial charge >= 0.3 is 12.4 Å². The molecule has 9 nitrogen and oxygen atoms in total. The second-order valence-electron chi connectivity index (χ2n) is 7.54. The van der Waals surface area contributed by atoms with E-state index in [0.717, 1.165) is 34.7 Å². The van der Waals surface area contributed by atoms with Gasteiger partial charge in [-0.05, 0) is 35.9 Å². The quantitative estimate of drug-likeness (QED) is 0.345. The average molecular weight is 472 g/mol. The van der Waals surface area contributed by atoms with Gasteiger partial charge in [-0.15, -0.1) is 13.2 Å². The second kappa shape index (κ2) is 9.06. The number of H-pyrrole nitrogens is 1. The summed E-state index contributed by atoms with van der Waals surface area (Å²) in [6.45, 7) is 1.95. The molecule has 5 rings (SSSR count). The van der Waals surface area contributed by atoms with Crippen LogP contribution in [0.25, 0.3) is 11.0 Å². The molecule has 1 aliphatic heterocycles. The highest BCUT2D eigenvalue weighted by molar-refractivity contribution is 5.81. The summed E-state index contributed by atoms with van der Waals surface area (Å²) in [7, 11) is 0. The lowest BCUT2D eigenvalue weighted by molar-refractivity contribution is -0.274. The van der Waals surface area contributed by atoms with E-state index >= 15 is 0 Å². The van der Waals surface area contributed by atoms with E-state index in [4.69, 9.17) is 9.47 Å². The van der Waals surface area contributed by atoms with Crippen molar-refractivity contribution in [2.45, 2.75) is 18.9 Å². The van der Waals surface area contributed by atoms with Crippen LogP contribution in [0.3, 0.4) is 0 Å². The van der Waals surface area contributed by atoms with Crippen LogP contribution in [0.4, 0.5) is 24.8 Å². The van der Waals surface area contributed by atoms with Crippen molar-refractivity contribution in [3.05, 3.63) is 60.4 Å². The first kappa shape index (κ1) is 21.8. The fraction of sp³-hybridized carbons (Fsp3) is 0.227. The topological polar surface area (TPSA) is 106 Å². The third kappa shape index (κ3) is 5.46.